The molecule has 3 rings (SSSR count). The molecule has 1 saturated heterocycles. The van der Waals surface area contributed by atoms with E-state index >= 15 is 0 Å². The molecule has 1 fully saturated rings. The molecule has 0 radical (unpaired) electrons. The minimum absolute atomic E-state index is 0.0995. The number of amides is 1. The first-order valence-electron chi connectivity index (χ1n) is 7.69. The van der Waals surface area contributed by atoms with Crippen LogP contribution in [0.2, 0.25) is 0 Å². The maximum atomic E-state index is 12.2. The van der Waals surface area contributed by atoms with Crippen LogP contribution in [0.5, 0.6) is 0 Å². The molecule has 3 N–H and O–H groups in total. The van der Waals surface area contributed by atoms with Gasteiger partial charge in [0.05, 0.1) is 0 Å². The topological polar surface area (TPSA) is 58.4 Å². The summed E-state index contributed by atoms with van der Waals surface area (Å²) in [7, 11) is 0. The number of benzene rings is 2. The molecule has 0 atom stereocenters. The molecule has 1 aliphatic heterocycles. The summed E-state index contributed by atoms with van der Waals surface area (Å²) >= 11 is 0. The van der Waals surface area contributed by atoms with Crippen LogP contribution in [0.4, 0.5) is 11.4 Å². The van der Waals surface area contributed by atoms with Crippen molar-refractivity contribution < 1.29 is 4.79 Å². The number of anilines is 2. The average molecular weight is 295 g/mol. The second-order valence-corrected chi connectivity index (χ2v) is 5.76. The maximum Gasteiger partial charge on any atom is 0.255 e. The smallest absolute Gasteiger partial charge is 0.255 e. The van der Waals surface area contributed by atoms with Gasteiger partial charge in [-0.05, 0) is 67.9 Å². The SMILES string of the molecule is Nc1ccc(NC(=O)c2ccc(CN3CCCC3)cc2)cc1. The van der Waals surface area contributed by atoms with Gasteiger partial charge in [0.1, 0.15) is 0 Å². The van der Waals surface area contributed by atoms with Crippen molar-refractivity contribution in [2.45, 2.75) is 19.4 Å². The summed E-state index contributed by atoms with van der Waals surface area (Å²) in [5.41, 5.74) is 8.99. The average Bonchev–Trinajstić information content (AvgIpc) is 3.03. The van der Waals surface area contributed by atoms with Crippen LogP contribution in [0.15, 0.2) is 48.5 Å². The number of hydrogen-bond donors (Lipinski definition) is 2. The molecule has 1 aliphatic rings. The number of nitrogens with one attached hydrogen (secondary N) is 1. The summed E-state index contributed by atoms with van der Waals surface area (Å²) in [5.74, 6) is -0.0995. The van der Waals surface area contributed by atoms with E-state index in [1.165, 1.54) is 31.5 Å². The molecule has 0 bridgehead atoms. The van der Waals surface area contributed by atoms with Crippen LogP contribution in [-0.2, 0) is 6.54 Å². The van der Waals surface area contributed by atoms with Gasteiger partial charge >= 0.3 is 0 Å². The molecule has 0 saturated carbocycles. The third-order valence-electron chi connectivity index (χ3n) is 3.99. The third kappa shape index (κ3) is 3.65. The van der Waals surface area contributed by atoms with Crippen LogP contribution in [0, 0.1) is 0 Å². The van der Waals surface area contributed by atoms with Crippen molar-refractivity contribution in [3.05, 3.63) is 59.7 Å². The van der Waals surface area contributed by atoms with Crippen molar-refractivity contribution in [1.29, 1.82) is 0 Å². The first-order chi connectivity index (χ1) is 10.7. The lowest BCUT2D eigenvalue weighted by molar-refractivity contribution is 0.102. The number of rotatable bonds is 4. The zero-order valence-electron chi connectivity index (χ0n) is 12.6. The van der Waals surface area contributed by atoms with Crippen molar-refractivity contribution in [2.24, 2.45) is 0 Å². The van der Waals surface area contributed by atoms with Crippen molar-refractivity contribution in [3.8, 4) is 0 Å². The van der Waals surface area contributed by atoms with Crippen LogP contribution in [0.3, 0.4) is 0 Å². The Morgan fingerprint density at radius 1 is 1.00 bits per heavy atom. The highest BCUT2D eigenvalue weighted by Crippen LogP contribution is 2.15. The fourth-order valence-electron chi connectivity index (χ4n) is 2.73. The lowest BCUT2D eigenvalue weighted by atomic mass is 10.1. The lowest BCUT2D eigenvalue weighted by Gasteiger charge is -2.14. The minimum Gasteiger partial charge on any atom is -0.399 e. The van der Waals surface area contributed by atoms with Crippen LogP contribution >= 0.6 is 0 Å². The number of carbonyl (C=O) groups excluding carboxylic acids is 1. The number of hydrogen-bond acceptors (Lipinski definition) is 3. The predicted octanol–water partition coefficient (Wildman–Crippen LogP) is 3.12. The standard InChI is InChI=1S/C18H21N3O/c19-16-7-9-17(10-8-16)20-18(22)15-5-3-14(4-6-15)13-21-11-1-2-12-21/h3-10H,1-2,11-13,19H2,(H,20,22). The molecule has 0 unspecified atom stereocenters. The van der Waals surface area contributed by atoms with Gasteiger partial charge < -0.3 is 11.1 Å². The lowest BCUT2D eigenvalue weighted by Crippen LogP contribution is -2.18. The van der Waals surface area contributed by atoms with E-state index in [9.17, 15) is 4.79 Å². The molecule has 114 valence electrons. The van der Waals surface area contributed by atoms with Gasteiger partial charge in [0.2, 0.25) is 0 Å². The Hall–Kier alpha value is -2.33. The summed E-state index contributed by atoms with van der Waals surface area (Å²) in [6, 6.07) is 15.0. The second-order valence-electron chi connectivity index (χ2n) is 5.76. The zero-order chi connectivity index (χ0) is 15.4. The van der Waals surface area contributed by atoms with E-state index in [2.05, 4.69) is 10.2 Å². The first-order valence-corrected chi connectivity index (χ1v) is 7.69. The predicted molar refractivity (Wildman–Crippen MR) is 89.8 cm³/mol. The molecule has 1 amide bonds. The number of nitrogen functional groups attached to an aromatic ring is 1. The van der Waals surface area contributed by atoms with E-state index in [-0.39, 0.29) is 5.91 Å². The van der Waals surface area contributed by atoms with Crippen molar-refractivity contribution in [3.63, 3.8) is 0 Å². The van der Waals surface area contributed by atoms with Gasteiger partial charge in [-0.25, -0.2) is 0 Å². The Kier molecular flexibility index (Phi) is 4.39. The summed E-state index contributed by atoms with van der Waals surface area (Å²) in [5, 5.41) is 2.87. The molecule has 0 spiro atoms. The molecule has 0 aromatic heterocycles. The number of nitrogens with zero attached hydrogens (tertiary/aromatic N) is 1. The molecule has 1 heterocycles. The highest BCUT2D eigenvalue weighted by atomic mass is 16.1. The fourth-order valence-corrected chi connectivity index (χ4v) is 2.73. The molecule has 2 aromatic rings. The molecule has 2 aromatic carbocycles. The number of likely N-dealkylation sites (tertiary alicyclic amines) is 1. The summed E-state index contributed by atoms with van der Waals surface area (Å²) in [4.78, 5) is 14.6. The normalized spacial score (nSPS) is 14.9. The Labute approximate surface area is 130 Å². The van der Waals surface area contributed by atoms with Crippen molar-refractivity contribution in [2.75, 3.05) is 24.1 Å². The largest absolute Gasteiger partial charge is 0.399 e. The van der Waals surface area contributed by atoms with Crippen LogP contribution in [0.25, 0.3) is 0 Å². The zero-order valence-corrected chi connectivity index (χ0v) is 12.6. The maximum absolute atomic E-state index is 12.2. The third-order valence-corrected chi connectivity index (χ3v) is 3.99. The Bertz CT molecular complexity index is 628. The first kappa shape index (κ1) is 14.6. The summed E-state index contributed by atoms with van der Waals surface area (Å²) in [6.07, 6.45) is 2.59. The van der Waals surface area contributed by atoms with Gasteiger partial charge in [0, 0.05) is 23.5 Å². The van der Waals surface area contributed by atoms with Gasteiger partial charge in [-0.2, -0.15) is 0 Å². The summed E-state index contributed by atoms with van der Waals surface area (Å²) in [6.45, 7) is 3.33. The Morgan fingerprint density at radius 3 is 2.27 bits per heavy atom. The molecular formula is C18H21N3O. The van der Waals surface area contributed by atoms with Gasteiger partial charge in [0.25, 0.3) is 5.91 Å². The highest BCUT2D eigenvalue weighted by molar-refractivity contribution is 6.04. The van der Waals surface area contributed by atoms with E-state index in [1.54, 1.807) is 24.3 Å². The van der Waals surface area contributed by atoms with Crippen LogP contribution in [0.1, 0.15) is 28.8 Å². The van der Waals surface area contributed by atoms with Crippen LogP contribution in [-0.4, -0.2) is 23.9 Å². The molecule has 0 aliphatic carbocycles. The van der Waals surface area contributed by atoms with Gasteiger partial charge in [-0.1, -0.05) is 12.1 Å². The molecule has 4 heteroatoms. The second kappa shape index (κ2) is 6.62. The van der Waals surface area contributed by atoms with Gasteiger partial charge in [-0.3, -0.25) is 9.69 Å². The monoisotopic (exact) mass is 295 g/mol. The Balaban J connectivity index is 1.61. The van der Waals surface area contributed by atoms with E-state index in [1.807, 2.05) is 24.3 Å². The van der Waals surface area contributed by atoms with E-state index in [4.69, 9.17) is 5.73 Å². The number of nitrogens with two attached hydrogens (primary N) is 1. The minimum atomic E-state index is -0.0995. The van der Waals surface area contributed by atoms with Gasteiger partial charge in [-0.15, -0.1) is 0 Å². The summed E-state index contributed by atoms with van der Waals surface area (Å²) < 4.78 is 0. The van der Waals surface area contributed by atoms with Crippen molar-refractivity contribution >= 4 is 17.3 Å². The van der Waals surface area contributed by atoms with E-state index in [0.29, 0.717) is 11.3 Å². The fraction of sp³-hybridized carbons (Fsp3) is 0.278. The molecule has 4 nitrogen and oxygen atoms in total. The Morgan fingerprint density at radius 2 is 1.64 bits per heavy atom. The number of carbonyl (C=O) groups is 1. The molecular weight excluding hydrogens is 274 g/mol. The van der Waals surface area contributed by atoms with Gasteiger partial charge in [0.15, 0.2) is 0 Å². The van der Waals surface area contributed by atoms with Crippen LogP contribution < -0.4 is 11.1 Å². The van der Waals surface area contributed by atoms with E-state index in [0.717, 1.165) is 12.2 Å². The quantitative estimate of drug-likeness (QED) is 0.852. The van der Waals surface area contributed by atoms with E-state index < -0.39 is 0 Å². The molecule has 22 heavy (non-hydrogen) atoms. The van der Waals surface area contributed by atoms with Crippen molar-refractivity contribution in [1.82, 2.24) is 4.90 Å². The highest BCUT2D eigenvalue weighted by Gasteiger charge is 2.12.